The average molecular weight is 382 g/mol. The van der Waals surface area contributed by atoms with Gasteiger partial charge in [0, 0.05) is 42.5 Å². The van der Waals surface area contributed by atoms with Gasteiger partial charge in [0.25, 0.3) is 0 Å². The van der Waals surface area contributed by atoms with Crippen LogP contribution in [-0.4, -0.2) is 39.7 Å². The molecule has 6 heteroatoms. The van der Waals surface area contributed by atoms with E-state index >= 15 is 0 Å². The number of aromatic amines is 1. The number of hydrogen-bond acceptors (Lipinski definition) is 4. The second kappa shape index (κ2) is 8.73. The molecule has 0 saturated heterocycles. The van der Waals surface area contributed by atoms with Crippen molar-refractivity contribution in [2.45, 2.75) is 13.3 Å². The predicted octanol–water partition coefficient (Wildman–Crippen LogP) is 4.39. The zero-order valence-electron chi connectivity index (χ0n) is 15.5. The molecule has 0 aliphatic heterocycles. The zero-order valence-corrected chi connectivity index (χ0v) is 16.3. The number of fused-ring (bicyclic) bond motifs is 1. The van der Waals surface area contributed by atoms with Gasteiger partial charge in [-0.15, -0.1) is 0 Å². The summed E-state index contributed by atoms with van der Waals surface area (Å²) in [5.74, 6) is 0. The number of H-pyrrole nitrogens is 1. The minimum atomic E-state index is 0.696. The summed E-state index contributed by atoms with van der Waals surface area (Å²) in [6, 6.07) is 8.16. The van der Waals surface area contributed by atoms with Crippen LogP contribution in [0.4, 0.5) is 0 Å². The summed E-state index contributed by atoms with van der Waals surface area (Å²) in [4.78, 5) is 7.03. The minimum absolute atomic E-state index is 0.696. The summed E-state index contributed by atoms with van der Waals surface area (Å²) in [7, 11) is 0. The maximum atomic E-state index is 6.47. The largest absolute Gasteiger partial charge is 0.390 e. The second-order valence-electron chi connectivity index (χ2n) is 6.46. The molecule has 0 unspecified atom stereocenters. The van der Waals surface area contributed by atoms with Crippen molar-refractivity contribution in [3.05, 3.63) is 72.3 Å². The van der Waals surface area contributed by atoms with Crippen LogP contribution in [0.1, 0.15) is 12.5 Å². The lowest BCUT2D eigenvalue weighted by atomic mass is 10.1. The Bertz CT molecular complexity index is 933. The molecule has 0 radical (unpaired) electrons. The Labute approximate surface area is 164 Å². The summed E-state index contributed by atoms with van der Waals surface area (Å²) in [5, 5.41) is 11.6. The number of pyridine rings is 1. The Morgan fingerprint density at radius 3 is 2.89 bits per heavy atom. The molecule has 0 spiro atoms. The highest BCUT2D eigenvalue weighted by molar-refractivity contribution is 6.35. The molecule has 2 heterocycles. The van der Waals surface area contributed by atoms with Crippen molar-refractivity contribution in [3.63, 3.8) is 0 Å². The van der Waals surface area contributed by atoms with E-state index in [0.717, 1.165) is 53.9 Å². The molecule has 1 aromatic carbocycles. The first-order chi connectivity index (χ1) is 13.1. The van der Waals surface area contributed by atoms with E-state index in [1.165, 1.54) is 5.56 Å². The maximum absolute atomic E-state index is 6.47. The number of benzene rings is 1. The van der Waals surface area contributed by atoms with Gasteiger partial charge >= 0.3 is 0 Å². The fourth-order valence-corrected chi connectivity index (χ4v) is 3.25. The molecule has 27 heavy (non-hydrogen) atoms. The molecule has 0 saturated carbocycles. The van der Waals surface area contributed by atoms with Crippen LogP contribution < -0.4 is 5.32 Å². The van der Waals surface area contributed by atoms with Crippen molar-refractivity contribution in [3.8, 4) is 11.3 Å². The van der Waals surface area contributed by atoms with Gasteiger partial charge in [-0.2, -0.15) is 5.10 Å². The highest BCUT2D eigenvalue weighted by Crippen LogP contribution is 2.28. The Morgan fingerprint density at radius 1 is 1.33 bits per heavy atom. The van der Waals surface area contributed by atoms with E-state index in [-0.39, 0.29) is 0 Å². The molecule has 0 bridgehead atoms. The van der Waals surface area contributed by atoms with Gasteiger partial charge < -0.3 is 10.2 Å². The fourth-order valence-electron chi connectivity index (χ4n) is 2.99. The van der Waals surface area contributed by atoms with E-state index in [9.17, 15) is 0 Å². The highest BCUT2D eigenvalue weighted by atomic mass is 35.5. The van der Waals surface area contributed by atoms with E-state index in [0.29, 0.717) is 5.02 Å². The molecule has 3 aromatic rings. The molecule has 0 fully saturated rings. The molecule has 2 aromatic heterocycles. The Hall–Kier alpha value is -2.79. The Balaban J connectivity index is 1.78. The normalized spacial score (nSPS) is 10.7. The van der Waals surface area contributed by atoms with E-state index in [1.54, 1.807) is 12.4 Å². The number of aromatic nitrogens is 3. The first kappa shape index (κ1) is 19.0. The van der Waals surface area contributed by atoms with Crippen molar-refractivity contribution < 1.29 is 0 Å². The number of rotatable bonds is 9. The van der Waals surface area contributed by atoms with Gasteiger partial charge in [-0.25, -0.2) is 4.98 Å². The SMILES string of the molecule is C=CNCCN(CCc1ccc2c(Cl)cc(-c3cn[nH]c3)nc2c1)C(=C)C. The van der Waals surface area contributed by atoms with Crippen LogP contribution in [0.5, 0.6) is 0 Å². The Morgan fingerprint density at radius 2 is 2.19 bits per heavy atom. The standard InChI is InChI=1S/C21H24ClN5/c1-4-23-8-10-27(15(2)3)9-7-16-5-6-18-19(22)12-20(26-21(18)11-16)17-13-24-25-14-17/h4-6,11-14,23H,1-2,7-10H2,3H3,(H,24,25). The maximum Gasteiger partial charge on any atom is 0.0756 e. The van der Waals surface area contributed by atoms with Crippen LogP contribution in [0, 0.1) is 0 Å². The molecule has 140 valence electrons. The molecule has 0 atom stereocenters. The van der Waals surface area contributed by atoms with Crippen molar-refractivity contribution >= 4 is 22.5 Å². The lowest BCUT2D eigenvalue weighted by Gasteiger charge is -2.24. The van der Waals surface area contributed by atoms with Crippen molar-refractivity contribution in [1.82, 2.24) is 25.4 Å². The smallest absolute Gasteiger partial charge is 0.0756 e. The van der Waals surface area contributed by atoms with Gasteiger partial charge in [0.1, 0.15) is 0 Å². The number of halogens is 1. The molecule has 3 rings (SSSR count). The van der Waals surface area contributed by atoms with Gasteiger partial charge in [-0.3, -0.25) is 5.10 Å². The molecular weight excluding hydrogens is 358 g/mol. The van der Waals surface area contributed by atoms with E-state index in [1.807, 2.05) is 25.3 Å². The average Bonchev–Trinajstić information content (AvgIpc) is 3.18. The number of hydrogen-bond donors (Lipinski definition) is 2. The van der Waals surface area contributed by atoms with Gasteiger partial charge in [-0.05, 0) is 37.2 Å². The van der Waals surface area contributed by atoms with Gasteiger partial charge in [0.2, 0.25) is 0 Å². The third-order valence-corrected chi connectivity index (χ3v) is 4.81. The molecule has 5 nitrogen and oxygen atoms in total. The lowest BCUT2D eigenvalue weighted by Crippen LogP contribution is -2.30. The quantitative estimate of drug-likeness (QED) is 0.540. The topological polar surface area (TPSA) is 56.8 Å². The van der Waals surface area contributed by atoms with Crippen molar-refractivity contribution in [2.75, 3.05) is 19.6 Å². The van der Waals surface area contributed by atoms with Crippen LogP contribution in [-0.2, 0) is 6.42 Å². The first-order valence-corrected chi connectivity index (χ1v) is 9.29. The van der Waals surface area contributed by atoms with Crippen LogP contribution in [0.25, 0.3) is 22.2 Å². The number of allylic oxidation sites excluding steroid dienone is 1. The van der Waals surface area contributed by atoms with E-state index in [4.69, 9.17) is 16.6 Å². The van der Waals surface area contributed by atoms with Crippen LogP contribution >= 0.6 is 11.6 Å². The third kappa shape index (κ3) is 4.68. The number of nitrogens with one attached hydrogen (secondary N) is 2. The molecule has 0 aliphatic rings. The monoisotopic (exact) mass is 381 g/mol. The van der Waals surface area contributed by atoms with E-state index < -0.39 is 0 Å². The highest BCUT2D eigenvalue weighted by Gasteiger charge is 2.09. The van der Waals surface area contributed by atoms with Gasteiger partial charge in [0.05, 0.1) is 22.4 Å². The summed E-state index contributed by atoms with van der Waals surface area (Å²) in [6.07, 6.45) is 6.19. The van der Waals surface area contributed by atoms with Crippen LogP contribution in [0.2, 0.25) is 5.02 Å². The van der Waals surface area contributed by atoms with Gasteiger partial charge in [0.15, 0.2) is 0 Å². The Kier molecular flexibility index (Phi) is 6.14. The summed E-state index contributed by atoms with van der Waals surface area (Å²) in [6.45, 7) is 12.4. The summed E-state index contributed by atoms with van der Waals surface area (Å²) in [5.41, 5.74) is 4.92. The third-order valence-electron chi connectivity index (χ3n) is 4.50. The predicted molar refractivity (Wildman–Crippen MR) is 113 cm³/mol. The lowest BCUT2D eigenvalue weighted by molar-refractivity contribution is 0.353. The molecular formula is C21H24ClN5. The minimum Gasteiger partial charge on any atom is -0.390 e. The number of nitrogens with zero attached hydrogens (tertiary/aromatic N) is 3. The van der Waals surface area contributed by atoms with Crippen molar-refractivity contribution in [2.24, 2.45) is 0 Å². The first-order valence-electron chi connectivity index (χ1n) is 8.91. The van der Waals surface area contributed by atoms with E-state index in [2.05, 4.69) is 45.7 Å². The van der Waals surface area contributed by atoms with Crippen LogP contribution in [0.15, 0.2) is 61.7 Å². The summed E-state index contributed by atoms with van der Waals surface area (Å²) >= 11 is 6.47. The van der Waals surface area contributed by atoms with Gasteiger partial charge in [-0.1, -0.05) is 36.9 Å². The zero-order chi connectivity index (χ0) is 19.2. The second-order valence-corrected chi connectivity index (χ2v) is 6.87. The summed E-state index contributed by atoms with van der Waals surface area (Å²) < 4.78 is 0. The molecule has 2 N–H and O–H groups in total. The molecule has 0 aliphatic carbocycles. The van der Waals surface area contributed by atoms with Crippen molar-refractivity contribution in [1.29, 1.82) is 0 Å². The fraction of sp³-hybridized carbons (Fsp3) is 0.238. The molecule has 0 amide bonds. The van der Waals surface area contributed by atoms with Crippen LogP contribution in [0.3, 0.4) is 0 Å².